The zero-order chi connectivity index (χ0) is 12.1. The molecule has 0 bridgehead atoms. The van der Waals surface area contributed by atoms with Gasteiger partial charge in [0.1, 0.15) is 0 Å². The SMILES string of the molecule is CCC(/N=C(\C)C(C)(CC)CC)=C(C)C. The van der Waals surface area contributed by atoms with Gasteiger partial charge in [-0.25, -0.2) is 0 Å². The number of hydrogen-bond acceptors (Lipinski definition) is 1. The van der Waals surface area contributed by atoms with Crippen molar-refractivity contribution in [2.24, 2.45) is 10.4 Å². The fourth-order valence-electron chi connectivity index (χ4n) is 1.64. The van der Waals surface area contributed by atoms with E-state index in [1.165, 1.54) is 29.8 Å². The first-order valence-electron chi connectivity index (χ1n) is 6.13. The van der Waals surface area contributed by atoms with E-state index < -0.39 is 0 Å². The van der Waals surface area contributed by atoms with Crippen LogP contribution in [-0.2, 0) is 0 Å². The molecular weight excluding hydrogens is 182 g/mol. The molecule has 88 valence electrons. The van der Waals surface area contributed by atoms with E-state index in [1.54, 1.807) is 0 Å². The Kier molecular flexibility index (Phi) is 5.85. The minimum atomic E-state index is 0.274. The molecule has 1 heteroatoms. The highest BCUT2D eigenvalue weighted by Crippen LogP contribution is 2.28. The second kappa shape index (κ2) is 6.09. The highest BCUT2D eigenvalue weighted by Gasteiger charge is 2.23. The predicted molar refractivity (Wildman–Crippen MR) is 70.5 cm³/mol. The van der Waals surface area contributed by atoms with E-state index in [2.05, 4.69) is 48.5 Å². The van der Waals surface area contributed by atoms with Crippen LogP contribution in [0.5, 0.6) is 0 Å². The Morgan fingerprint density at radius 2 is 1.47 bits per heavy atom. The first kappa shape index (κ1) is 14.4. The molecule has 0 atom stereocenters. The standard InChI is InChI=1S/C14H27N/c1-8-13(11(4)5)15-12(6)14(7,9-2)10-3/h8-10H2,1-7H3/b15-12+. The van der Waals surface area contributed by atoms with Crippen LogP contribution in [0.3, 0.4) is 0 Å². The van der Waals surface area contributed by atoms with Crippen LogP contribution < -0.4 is 0 Å². The van der Waals surface area contributed by atoms with E-state index in [4.69, 9.17) is 4.99 Å². The quantitative estimate of drug-likeness (QED) is 0.566. The summed E-state index contributed by atoms with van der Waals surface area (Å²) in [6.45, 7) is 15.4. The summed E-state index contributed by atoms with van der Waals surface area (Å²) in [4.78, 5) is 4.80. The predicted octanol–water partition coefficient (Wildman–Crippen LogP) is 4.98. The summed E-state index contributed by atoms with van der Waals surface area (Å²) < 4.78 is 0. The Hall–Kier alpha value is -0.590. The zero-order valence-electron chi connectivity index (χ0n) is 11.6. The summed E-state index contributed by atoms with van der Waals surface area (Å²) >= 11 is 0. The molecule has 1 nitrogen and oxygen atoms in total. The van der Waals surface area contributed by atoms with E-state index in [0.29, 0.717) is 0 Å². The number of allylic oxidation sites excluding steroid dienone is 2. The molecule has 0 spiro atoms. The Labute approximate surface area is 95.7 Å². The maximum atomic E-state index is 4.80. The monoisotopic (exact) mass is 209 g/mol. The lowest BCUT2D eigenvalue weighted by molar-refractivity contribution is 0.430. The van der Waals surface area contributed by atoms with Crippen LogP contribution in [0.15, 0.2) is 16.3 Å². The molecule has 0 N–H and O–H groups in total. The maximum Gasteiger partial charge on any atom is 0.0386 e. The Balaban J connectivity index is 5.06. The summed E-state index contributed by atoms with van der Waals surface area (Å²) in [5, 5.41) is 0. The first-order valence-corrected chi connectivity index (χ1v) is 6.13. The molecule has 0 unspecified atom stereocenters. The largest absolute Gasteiger partial charge is 0.262 e. The summed E-state index contributed by atoms with van der Waals surface area (Å²) in [6.07, 6.45) is 3.36. The van der Waals surface area contributed by atoms with Gasteiger partial charge in [-0.2, -0.15) is 0 Å². The van der Waals surface area contributed by atoms with E-state index in [-0.39, 0.29) is 5.41 Å². The van der Waals surface area contributed by atoms with Gasteiger partial charge in [-0.1, -0.05) is 33.3 Å². The van der Waals surface area contributed by atoms with Gasteiger partial charge in [0.15, 0.2) is 0 Å². The van der Waals surface area contributed by atoms with Crippen LogP contribution in [0.2, 0.25) is 0 Å². The first-order chi connectivity index (χ1) is 6.91. The number of rotatable bonds is 5. The van der Waals surface area contributed by atoms with Gasteiger partial charge in [0.2, 0.25) is 0 Å². The van der Waals surface area contributed by atoms with Gasteiger partial charge in [-0.3, -0.25) is 4.99 Å². The third-order valence-electron chi connectivity index (χ3n) is 3.65. The topological polar surface area (TPSA) is 12.4 Å². The number of nitrogens with zero attached hydrogens (tertiary/aromatic N) is 1. The molecule has 15 heavy (non-hydrogen) atoms. The van der Waals surface area contributed by atoms with E-state index in [9.17, 15) is 0 Å². The van der Waals surface area contributed by atoms with E-state index in [0.717, 1.165) is 6.42 Å². The maximum absolute atomic E-state index is 4.80. The molecule has 0 radical (unpaired) electrons. The third-order valence-corrected chi connectivity index (χ3v) is 3.65. The second-order valence-corrected chi connectivity index (χ2v) is 4.77. The molecule has 0 saturated heterocycles. The molecule has 0 fully saturated rings. The average molecular weight is 209 g/mol. The molecule has 0 aromatic carbocycles. The van der Waals surface area contributed by atoms with Crippen molar-refractivity contribution in [2.45, 2.75) is 67.7 Å². The van der Waals surface area contributed by atoms with Crippen molar-refractivity contribution in [3.8, 4) is 0 Å². The van der Waals surface area contributed by atoms with Crippen LogP contribution in [0.4, 0.5) is 0 Å². The number of aliphatic imine (C=N–C) groups is 1. The molecule has 0 heterocycles. The highest BCUT2D eigenvalue weighted by atomic mass is 14.8. The van der Waals surface area contributed by atoms with E-state index >= 15 is 0 Å². The van der Waals surface area contributed by atoms with Gasteiger partial charge in [0, 0.05) is 16.8 Å². The average Bonchev–Trinajstić information content (AvgIpc) is 2.23. The van der Waals surface area contributed by atoms with Gasteiger partial charge >= 0.3 is 0 Å². The highest BCUT2D eigenvalue weighted by molar-refractivity contribution is 5.88. The van der Waals surface area contributed by atoms with Crippen LogP contribution in [0.25, 0.3) is 0 Å². The minimum Gasteiger partial charge on any atom is -0.262 e. The van der Waals surface area contributed by atoms with Crippen molar-refractivity contribution in [2.75, 3.05) is 0 Å². The lowest BCUT2D eigenvalue weighted by Crippen LogP contribution is -2.23. The Morgan fingerprint density at radius 3 is 1.73 bits per heavy atom. The Bertz CT molecular complexity index is 251. The van der Waals surface area contributed by atoms with Crippen molar-refractivity contribution >= 4 is 5.71 Å². The minimum absolute atomic E-state index is 0.274. The summed E-state index contributed by atoms with van der Waals surface area (Å²) in [5.41, 5.74) is 4.15. The van der Waals surface area contributed by atoms with Crippen molar-refractivity contribution in [3.05, 3.63) is 11.3 Å². The van der Waals surface area contributed by atoms with Gasteiger partial charge in [0.25, 0.3) is 0 Å². The van der Waals surface area contributed by atoms with E-state index in [1.807, 2.05) is 0 Å². The van der Waals surface area contributed by atoms with Crippen molar-refractivity contribution < 1.29 is 0 Å². The van der Waals surface area contributed by atoms with Crippen LogP contribution >= 0.6 is 0 Å². The zero-order valence-corrected chi connectivity index (χ0v) is 11.6. The molecule has 0 aliphatic carbocycles. The molecule has 0 amide bonds. The van der Waals surface area contributed by atoms with Crippen LogP contribution in [0.1, 0.15) is 67.7 Å². The Morgan fingerprint density at radius 1 is 1.00 bits per heavy atom. The molecule has 0 aromatic heterocycles. The molecule has 0 saturated carbocycles. The second-order valence-electron chi connectivity index (χ2n) is 4.77. The normalized spacial score (nSPS) is 12.9. The third kappa shape index (κ3) is 3.81. The molecule has 0 aromatic rings. The fourth-order valence-corrected chi connectivity index (χ4v) is 1.64. The summed E-state index contributed by atoms with van der Waals surface area (Å²) in [7, 11) is 0. The molecule has 0 aliphatic rings. The van der Waals surface area contributed by atoms with Crippen molar-refractivity contribution in [1.82, 2.24) is 0 Å². The summed E-state index contributed by atoms with van der Waals surface area (Å²) in [6, 6.07) is 0. The molecular formula is C14H27N. The van der Waals surface area contributed by atoms with Gasteiger partial charge in [0.05, 0.1) is 0 Å². The van der Waals surface area contributed by atoms with Gasteiger partial charge < -0.3 is 0 Å². The van der Waals surface area contributed by atoms with Crippen molar-refractivity contribution in [1.29, 1.82) is 0 Å². The lowest BCUT2D eigenvalue weighted by atomic mass is 9.80. The summed E-state index contributed by atoms with van der Waals surface area (Å²) in [5.74, 6) is 0. The lowest BCUT2D eigenvalue weighted by Gasteiger charge is -2.27. The van der Waals surface area contributed by atoms with Gasteiger partial charge in [-0.05, 0) is 40.0 Å². The molecule has 0 aliphatic heterocycles. The van der Waals surface area contributed by atoms with Crippen LogP contribution in [0, 0.1) is 5.41 Å². The fraction of sp³-hybridized carbons (Fsp3) is 0.786. The van der Waals surface area contributed by atoms with Gasteiger partial charge in [-0.15, -0.1) is 0 Å². The van der Waals surface area contributed by atoms with Crippen molar-refractivity contribution in [3.63, 3.8) is 0 Å². The molecule has 0 rings (SSSR count). The smallest absolute Gasteiger partial charge is 0.0386 e. The number of hydrogen-bond donors (Lipinski definition) is 0. The van der Waals surface area contributed by atoms with Crippen LogP contribution in [-0.4, -0.2) is 5.71 Å².